The summed E-state index contributed by atoms with van der Waals surface area (Å²) in [4.78, 5) is 12.3. The second-order valence-corrected chi connectivity index (χ2v) is 8.21. The highest BCUT2D eigenvalue weighted by molar-refractivity contribution is 5.81. The quantitative estimate of drug-likeness (QED) is 0.574. The molecule has 2 fully saturated rings. The molecule has 9 heteroatoms. The van der Waals surface area contributed by atoms with Gasteiger partial charge in [-0.1, -0.05) is 32.1 Å². The van der Waals surface area contributed by atoms with E-state index in [0.717, 1.165) is 18.8 Å². The van der Waals surface area contributed by atoms with Crippen molar-refractivity contribution in [1.29, 1.82) is 0 Å². The first-order valence-electron chi connectivity index (χ1n) is 10.2. The molecule has 0 aromatic carbocycles. The SMILES string of the molecule is Nc1ncnc2c1ncn2[C@@H]1O[C@H](C[C@H](N)CCC2CCCCC2)[C@@H](O)[C@H]1O. The van der Waals surface area contributed by atoms with Gasteiger partial charge in [-0.05, 0) is 25.2 Å². The predicted octanol–water partition coefficient (Wildman–Crippen LogP) is 1.11. The summed E-state index contributed by atoms with van der Waals surface area (Å²) >= 11 is 0. The number of imidazole rings is 1. The van der Waals surface area contributed by atoms with Crippen LogP contribution in [0.15, 0.2) is 12.7 Å². The normalized spacial score (nSPS) is 30.1. The summed E-state index contributed by atoms with van der Waals surface area (Å²) in [5.41, 5.74) is 13.1. The van der Waals surface area contributed by atoms with Crippen LogP contribution in [0.5, 0.6) is 0 Å². The molecule has 9 nitrogen and oxygen atoms in total. The van der Waals surface area contributed by atoms with E-state index in [0.29, 0.717) is 17.6 Å². The molecule has 4 rings (SSSR count). The van der Waals surface area contributed by atoms with E-state index in [1.807, 2.05) is 0 Å². The van der Waals surface area contributed by atoms with Gasteiger partial charge in [0.15, 0.2) is 17.7 Å². The van der Waals surface area contributed by atoms with E-state index in [-0.39, 0.29) is 11.9 Å². The molecule has 6 N–H and O–H groups in total. The van der Waals surface area contributed by atoms with Gasteiger partial charge in [0.05, 0.1) is 12.4 Å². The maximum atomic E-state index is 10.5. The summed E-state index contributed by atoms with van der Waals surface area (Å²) in [6, 6.07) is -0.0648. The van der Waals surface area contributed by atoms with Crippen molar-refractivity contribution in [3.8, 4) is 0 Å². The zero-order valence-electron chi connectivity index (χ0n) is 16.0. The molecule has 2 aromatic heterocycles. The smallest absolute Gasteiger partial charge is 0.167 e. The molecule has 0 bridgehead atoms. The first-order valence-corrected chi connectivity index (χ1v) is 10.2. The average Bonchev–Trinajstić information content (AvgIpc) is 3.25. The number of hydrogen-bond acceptors (Lipinski definition) is 8. The van der Waals surface area contributed by atoms with E-state index in [1.54, 1.807) is 4.57 Å². The zero-order valence-corrected chi connectivity index (χ0v) is 16.0. The van der Waals surface area contributed by atoms with E-state index in [9.17, 15) is 10.2 Å². The Bertz CT molecular complexity index is 793. The number of nitrogens with zero attached hydrogens (tertiary/aromatic N) is 4. The molecule has 1 saturated heterocycles. The van der Waals surface area contributed by atoms with Crippen LogP contribution in [0.1, 0.15) is 57.6 Å². The number of hydrogen-bond donors (Lipinski definition) is 4. The summed E-state index contributed by atoms with van der Waals surface area (Å²) in [6.45, 7) is 0. The van der Waals surface area contributed by atoms with Gasteiger partial charge in [0.1, 0.15) is 24.1 Å². The van der Waals surface area contributed by atoms with Crippen LogP contribution in [-0.4, -0.2) is 54.1 Å². The second-order valence-electron chi connectivity index (χ2n) is 8.21. The molecule has 0 amide bonds. The maximum Gasteiger partial charge on any atom is 0.167 e. The largest absolute Gasteiger partial charge is 0.388 e. The number of fused-ring (bicyclic) bond motifs is 1. The van der Waals surface area contributed by atoms with Gasteiger partial charge in [0.2, 0.25) is 0 Å². The standard InChI is InChI=1S/C19H30N6O3/c20-12(7-6-11-4-2-1-3-5-11)8-13-15(26)16(27)19(28-13)25-10-24-14-17(21)22-9-23-18(14)25/h9-13,15-16,19,26-27H,1-8,20H2,(H2,21,22,23)/t12-,13-,15-,16-,19-/m1/s1. The van der Waals surface area contributed by atoms with Crippen LogP contribution in [0.25, 0.3) is 11.2 Å². The topological polar surface area (TPSA) is 145 Å². The first-order chi connectivity index (χ1) is 13.5. The first kappa shape index (κ1) is 19.5. The van der Waals surface area contributed by atoms with Crippen molar-refractivity contribution in [3.63, 3.8) is 0 Å². The third kappa shape index (κ3) is 3.84. The highest BCUT2D eigenvalue weighted by atomic mass is 16.6. The summed E-state index contributed by atoms with van der Waals surface area (Å²) < 4.78 is 7.57. The summed E-state index contributed by atoms with van der Waals surface area (Å²) in [6.07, 6.45) is 8.56. The second kappa shape index (κ2) is 8.28. The number of anilines is 1. The molecule has 1 saturated carbocycles. The van der Waals surface area contributed by atoms with Crippen molar-refractivity contribution in [2.45, 2.75) is 81.9 Å². The molecule has 0 radical (unpaired) electrons. The highest BCUT2D eigenvalue weighted by Gasteiger charge is 2.44. The minimum atomic E-state index is -1.09. The van der Waals surface area contributed by atoms with E-state index in [4.69, 9.17) is 16.2 Å². The Hall–Kier alpha value is -1.81. The van der Waals surface area contributed by atoms with Crippen LogP contribution >= 0.6 is 0 Å². The molecule has 1 aliphatic carbocycles. The van der Waals surface area contributed by atoms with E-state index in [1.165, 1.54) is 44.8 Å². The Morgan fingerprint density at radius 3 is 2.71 bits per heavy atom. The minimum Gasteiger partial charge on any atom is -0.388 e. The van der Waals surface area contributed by atoms with Gasteiger partial charge in [0, 0.05) is 6.04 Å². The van der Waals surface area contributed by atoms with Crippen molar-refractivity contribution < 1.29 is 14.9 Å². The summed E-state index contributed by atoms with van der Waals surface area (Å²) in [5.74, 6) is 1.04. The predicted molar refractivity (Wildman–Crippen MR) is 104 cm³/mol. The van der Waals surface area contributed by atoms with Gasteiger partial charge in [-0.3, -0.25) is 4.57 Å². The fraction of sp³-hybridized carbons (Fsp3) is 0.737. The van der Waals surface area contributed by atoms with Gasteiger partial charge >= 0.3 is 0 Å². The third-order valence-electron chi connectivity index (χ3n) is 6.20. The summed E-state index contributed by atoms with van der Waals surface area (Å²) in [7, 11) is 0. The lowest BCUT2D eigenvalue weighted by molar-refractivity contribution is -0.0388. The number of ether oxygens (including phenoxy) is 1. The Morgan fingerprint density at radius 1 is 1.14 bits per heavy atom. The Morgan fingerprint density at radius 2 is 1.93 bits per heavy atom. The van der Waals surface area contributed by atoms with Crippen LogP contribution in [-0.2, 0) is 4.74 Å². The van der Waals surface area contributed by atoms with Gasteiger partial charge in [0.25, 0.3) is 0 Å². The molecular formula is C19H30N6O3. The molecule has 0 unspecified atom stereocenters. The number of nitrogen functional groups attached to an aromatic ring is 1. The number of aromatic nitrogens is 4. The molecule has 28 heavy (non-hydrogen) atoms. The lowest BCUT2D eigenvalue weighted by atomic mass is 9.84. The Labute approximate surface area is 164 Å². The molecule has 0 spiro atoms. The lowest BCUT2D eigenvalue weighted by Gasteiger charge is -2.24. The highest BCUT2D eigenvalue weighted by Crippen LogP contribution is 2.34. The number of aliphatic hydroxyl groups excluding tert-OH is 2. The lowest BCUT2D eigenvalue weighted by Crippen LogP contribution is -2.35. The van der Waals surface area contributed by atoms with Crippen molar-refractivity contribution in [1.82, 2.24) is 19.5 Å². The number of aliphatic hydroxyl groups is 2. The van der Waals surface area contributed by atoms with Crippen LogP contribution in [0.4, 0.5) is 5.82 Å². The van der Waals surface area contributed by atoms with Crippen molar-refractivity contribution in [2.24, 2.45) is 11.7 Å². The van der Waals surface area contributed by atoms with E-state index >= 15 is 0 Å². The summed E-state index contributed by atoms with van der Waals surface area (Å²) in [5, 5.41) is 21.0. The monoisotopic (exact) mass is 390 g/mol. The van der Waals surface area contributed by atoms with E-state index in [2.05, 4.69) is 15.0 Å². The fourth-order valence-electron chi connectivity index (χ4n) is 4.55. The molecule has 2 aromatic rings. The van der Waals surface area contributed by atoms with Gasteiger partial charge in [-0.15, -0.1) is 0 Å². The van der Waals surface area contributed by atoms with Crippen molar-refractivity contribution in [3.05, 3.63) is 12.7 Å². The van der Waals surface area contributed by atoms with Crippen LogP contribution < -0.4 is 11.5 Å². The molecule has 2 aliphatic rings. The minimum absolute atomic E-state index is 0.0648. The van der Waals surface area contributed by atoms with Gasteiger partial charge in [-0.2, -0.15) is 0 Å². The van der Waals surface area contributed by atoms with E-state index < -0.39 is 24.5 Å². The molecular weight excluding hydrogens is 360 g/mol. The molecule has 5 atom stereocenters. The molecule has 3 heterocycles. The number of nitrogens with two attached hydrogens (primary N) is 2. The average molecular weight is 390 g/mol. The van der Waals surface area contributed by atoms with Crippen LogP contribution in [0.3, 0.4) is 0 Å². The maximum absolute atomic E-state index is 10.5. The fourth-order valence-corrected chi connectivity index (χ4v) is 4.55. The van der Waals surface area contributed by atoms with Crippen molar-refractivity contribution >= 4 is 17.0 Å². The van der Waals surface area contributed by atoms with Crippen LogP contribution in [0, 0.1) is 5.92 Å². The Kier molecular flexibility index (Phi) is 5.77. The van der Waals surface area contributed by atoms with Gasteiger partial charge in [-0.25, -0.2) is 15.0 Å². The van der Waals surface area contributed by atoms with Crippen molar-refractivity contribution in [2.75, 3.05) is 5.73 Å². The Balaban J connectivity index is 1.39. The number of rotatable bonds is 6. The molecule has 1 aliphatic heterocycles. The molecule has 154 valence electrons. The van der Waals surface area contributed by atoms with Crippen LogP contribution in [0.2, 0.25) is 0 Å². The van der Waals surface area contributed by atoms with Gasteiger partial charge < -0.3 is 26.4 Å². The zero-order chi connectivity index (χ0) is 19.7. The third-order valence-corrected chi connectivity index (χ3v) is 6.20.